The van der Waals surface area contributed by atoms with Crippen LogP contribution in [-0.4, -0.2) is 48.6 Å². The molecule has 1 N–H and O–H groups in total. The van der Waals surface area contributed by atoms with Gasteiger partial charge >= 0.3 is 0 Å². The largest absolute Gasteiger partial charge is 0.316 e. The average molecular weight is 230 g/mol. The minimum absolute atomic E-state index is 0.395. The zero-order valence-corrected chi connectivity index (χ0v) is 11.5. The predicted molar refractivity (Wildman–Crippen MR) is 70.7 cm³/mol. The van der Waals surface area contributed by atoms with Crippen molar-refractivity contribution >= 4 is 11.8 Å². The van der Waals surface area contributed by atoms with E-state index in [1.165, 1.54) is 24.6 Å². The molecule has 90 valence electrons. The lowest BCUT2D eigenvalue weighted by molar-refractivity contribution is 0.149. The molecule has 0 spiro atoms. The van der Waals surface area contributed by atoms with Crippen molar-refractivity contribution in [1.82, 2.24) is 10.2 Å². The van der Waals surface area contributed by atoms with Crippen LogP contribution >= 0.6 is 11.8 Å². The molecule has 0 radical (unpaired) electrons. The Hall–Kier alpha value is 0.270. The van der Waals surface area contributed by atoms with Crippen LogP contribution in [0.1, 0.15) is 27.7 Å². The van der Waals surface area contributed by atoms with Crippen LogP contribution in [-0.2, 0) is 0 Å². The van der Waals surface area contributed by atoms with Crippen LogP contribution in [0.2, 0.25) is 0 Å². The van der Waals surface area contributed by atoms with Crippen molar-refractivity contribution in [3.05, 3.63) is 0 Å². The Bertz CT molecular complexity index is 182. The molecule has 15 heavy (non-hydrogen) atoms. The molecule has 0 amide bonds. The Morgan fingerprint density at radius 3 is 2.80 bits per heavy atom. The summed E-state index contributed by atoms with van der Waals surface area (Å²) in [6, 6.07) is 0.754. The highest BCUT2D eigenvalue weighted by Gasteiger charge is 2.26. The molecular formula is C12H26N2S. The summed E-state index contributed by atoms with van der Waals surface area (Å²) in [5.74, 6) is 2.61. The van der Waals surface area contributed by atoms with Crippen LogP contribution in [0.5, 0.6) is 0 Å². The third-order valence-electron chi connectivity index (χ3n) is 2.99. The van der Waals surface area contributed by atoms with Gasteiger partial charge < -0.3 is 5.32 Å². The Kier molecular flexibility index (Phi) is 5.44. The number of rotatable bonds is 5. The van der Waals surface area contributed by atoms with Crippen LogP contribution < -0.4 is 5.32 Å². The van der Waals surface area contributed by atoms with E-state index in [1.807, 2.05) is 0 Å². The fourth-order valence-electron chi connectivity index (χ4n) is 2.07. The van der Waals surface area contributed by atoms with Crippen molar-refractivity contribution in [2.24, 2.45) is 5.41 Å². The number of thioether (sulfide) groups is 1. The standard InChI is InChI=1S/C12H26N2S/c1-5-13-9-12(3,4)10-14-6-7-15-8-11(14)2/h11,13H,5-10H2,1-4H3. The second kappa shape index (κ2) is 6.12. The van der Waals surface area contributed by atoms with Crippen molar-refractivity contribution in [1.29, 1.82) is 0 Å². The molecule has 0 aromatic rings. The average Bonchev–Trinajstić information content (AvgIpc) is 2.18. The van der Waals surface area contributed by atoms with Crippen molar-refractivity contribution in [3.8, 4) is 0 Å². The van der Waals surface area contributed by atoms with Crippen molar-refractivity contribution < 1.29 is 0 Å². The first-order valence-electron chi connectivity index (χ1n) is 6.07. The molecule has 1 unspecified atom stereocenters. The van der Waals surface area contributed by atoms with Gasteiger partial charge in [-0.25, -0.2) is 0 Å². The SMILES string of the molecule is CCNCC(C)(C)CN1CCSCC1C. The third kappa shape index (κ3) is 4.75. The zero-order chi connectivity index (χ0) is 11.3. The molecule has 0 bridgehead atoms. The summed E-state index contributed by atoms with van der Waals surface area (Å²) in [4.78, 5) is 2.65. The van der Waals surface area contributed by atoms with Gasteiger partial charge in [-0.2, -0.15) is 11.8 Å². The van der Waals surface area contributed by atoms with Crippen molar-refractivity contribution in [2.75, 3.05) is 37.7 Å². The van der Waals surface area contributed by atoms with E-state index in [1.54, 1.807) is 0 Å². The van der Waals surface area contributed by atoms with Gasteiger partial charge in [-0.15, -0.1) is 0 Å². The molecule has 2 nitrogen and oxygen atoms in total. The monoisotopic (exact) mass is 230 g/mol. The maximum Gasteiger partial charge on any atom is 0.0158 e. The van der Waals surface area contributed by atoms with E-state index in [-0.39, 0.29) is 0 Å². The van der Waals surface area contributed by atoms with Crippen LogP contribution in [0.3, 0.4) is 0 Å². The third-order valence-corrected chi connectivity index (χ3v) is 4.18. The predicted octanol–water partition coefficient (Wildman–Crippen LogP) is 2.06. The van der Waals surface area contributed by atoms with Crippen molar-refractivity contribution in [2.45, 2.75) is 33.7 Å². The minimum Gasteiger partial charge on any atom is -0.316 e. The smallest absolute Gasteiger partial charge is 0.0158 e. The fraction of sp³-hybridized carbons (Fsp3) is 1.00. The second-order valence-electron chi connectivity index (χ2n) is 5.34. The van der Waals surface area contributed by atoms with E-state index in [4.69, 9.17) is 0 Å². The lowest BCUT2D eigenvalue weighted by atomic mass is 9.92. The number of nitrogens with zero attached hydrogens (tertiary/aromatic N) is 1. The van der Waals surface area contributed by atoms with Crippen LogP contribution in [0, 0.1) is 5.41 Å². The first kappa shape index (κ1) is 13.3. The van der Waals surface area contributed by atoms with E-state index in [2.05, 4.69) is 49.7 Å². The summed E-state index contributed by atoms with van der Waals surface area (Å²) in [5.41, 5.74) is 0.395. The topological polar surface area (TPSA) is 15.3 Å². The Morgan fingerprint density at radius 1 is 1.47 bits per heavy atom. The van der Waals surface area contributed by atoms with Crippen LogP contribution in [0.4, 0.5) is 0 Å². The van der Waals surface area contributed by atoms with Gasteiger partial charge in [0.2, 0.25) is 0 Å². The summed E-state index contributed by atoms with van der Waals surface area (Å²) < 4.78 is 0. The van der Waals surface area contributed by atoms with E-state index < -0.39 is 0 Å². The normalized spacial score (nSPS) is 24.4. The van der Waals surface area contributed by atoms with Gasteiger partial charge in [0, 0.05) is 37.2 Å². The van der Waals surface area contributed by atoms with Gasteiger partial charge in [-0.1, -0.05) is 20.8 Å². The highest BCUT2D eigenvalue weighted by molar-refractivity contribution is 7.99. The summed E-state index contributed by atoms with van der Waals surface area (Å²) in [6.07, 6.45) is 0. The molecule has 1 fully saturated rings. The van der Waals surface area contributed by atoms with Crippen molar-refractivity contribution in [3.63, 3.8) is 0 Å². The molecule has 1 saturated heterocycles. The van der Waals surface area contributed by atoms with Gasteiger partial charge in [-0.3, -0.25) is 4.90 Å². The summed E-state index contributed by atoms with van der Waals surface area (Å²) in [6.45, 7) is 14.0. The molecule has 0 saturated carbocycles. The lowest BCUT2D eigenvalue weighted by Crippen LogP contribution is -2.47. The number of hydrogen-bond acceptors (Lipinski definition) is 3. The molecule has 0 aromatic carbocycles. The maximum atomic E-state index is 3.46. The molecule has 3 heteroatoms. The first-order chi connectivity index (χ1) is 7.05. The Morgan fingerprint density at radius 2 is 2.20 bits per heavy atom. The molecule has 1 atom stereocenters. The van der Waals surface area contributed by atoms with E-state index in [0.717, 1.165) is 19.1 Å². The van der Waals surface area contributed by atoms with Gasteiger partial charge in [0.25, 0.3) is 0 Å². The number of hydrogen-bond donors (Lipinski definition) is 1. The molecule has 0 aliphatic carbocycles. The first-order valence-corrected chi connectivity index (χ1v) is 7.23. The highest BCUT2D eigenvalue weighted by atomic mass is 32.2. The second-order valence-corrected chi connectivity index (χ2v) is 6.49. The van der Waals surface area contributed by atoms with Crippen LogP contribution in [0.25, 0.3) is 0 Å². The molecule has 0 aromatic heterocycles. The Balaban J connectivity index is 2.37. The minimum atomic E-state index is 0.395. The van der Waals surface area contributed by atoms with Gasteiger partial charge in [0.1, 0.15) is 0 Å². The zero-order valence-electron chi connectivity index (χ0n) is 10.7. The summed E-state index contributed by atoms with van der Waals surface area (Å²) in [5, 5.41) is 3.46. The maximum absolute atomic E-state index is 3.46. The molecule has 1 heterocycles. The molecule has 1 aliphatic rings. The van der Waals surface area contributed by atoms with Gasteiger partial charge in [-0.05, 0) is 18.9 Å². The summed E-state index contributed by atoms with van der Waals surface area (Å²) >= 11 is 2.09. The fourth-order valence-corrected chi connectivity index (χ4v) is 3.15. The Labute approximate surface area is 99.2 Å². The number of nitrogens with one attached hydrogen (secondary N) is 1. The molecule has 1 rings (SSSR count). The van der Waals surface area contributed by atoms with E-state index in [0.29, 0.717) is 5.41 Å². The van der Waals surface area contributed by atoms with Crippen LogP contribution in [0.15, 0.2) is 0 Å². The van der Waals surface area contributed by atoms with Gasteiger partial charge in [0.15, 0.2) is 0 Å². The van der Waals surface area contributed by atoms with E-state index in [9.17, 15) is 0 Å². The quantitative estimate of drug-likeness (QED) is 0.778. The summed E-state index contributed by atoms with van der Waals surface area (Å²) in [7, 11) is 0. The highest BCUT2D eigenvalue weighted by Crippen LogP contribution is 2.22. The lowest BCUT2D eigenvalue weighted by Gasteiger charge is -2.39. The molecular weight excluding hydrogens is 204 g/mol. The van der Waals surface area contributed by atoms with Gasteiger partial charge in [0.05, 0.1) is 0 Å². The van der Waals surface area contributed by atoms with E-state index >= 15 is 0 Å². The molecule has 1 aliphatic heterocycles.